The molecule has 6 rings (SSSR count). The van der Waals surface area contributed by atoms with E-state index in [1.807, 2.05) is 13.0 Å². The number of benzene rings is 2. The number of ketones is 2. The Balaban J connectivity index is 1.16. The van der Waals surface area contributed by atoms with Crippen LogP contribution in [-0.4, -0.2) is 163 Å². The molecule has 88 heavy (non-hydrogen) atoms. The van der Waals surface area contributed by atoms with Gasteiger partial charge in [0.05, 0.1) is 48.4 Å². The fourth-order valence-corrected chi connectivity index (χ4v) is 12.3. The first-order valence-electron chi connectivity index (χ1n) is 30.0. The highest BCUT2D eigenvalue weighted by Crippen LogP contribution is 2.50. The molecule has 11 atom stereocenters. The first-order valence-corrected chi connectivity index (χ1v) is 30.8. The molecule has 3 saturated heterocycles. The Kier molecular flexibility index (Phi) is 24.5. The smallest absolute Gasteiger partial charge is 0.328 e. The first kappa shape index (κ1) is 70.4. The molecule has 4 heterocycles. The van der Waals surface area contributed by atoms with Gasteiger partial charge in [0.1, 0.15) is 52.1 Å². The summed E-state index contributed by atoms with van der Waals surface area (Å²) in [6, 6.07) is 4.75. The number of nitrogens with one attached hydrogen (secondary N) is 2. The number of methoxy groups -OCH3 is 2. The lowest BCUT2D eigenvalue weighted by Gasteiger charge is -2.41. The molecular formula is C64H86Cl2N6O16. The molecule has 3 fully saturated rings. The maximum Gasteiger partial charge on any atom is 0.328 e. The van der Waals surface area contributed by atoms with Gasteiger partial charge in [0.25, 0.3) is 5.91 Å². The van der Waals surface area contributed by atoms with Crippen molar-refractivity contribution in [3.63, 3.8) is 0 Å². The lowest BCUT2D eigenvalue weighted by Crippen LogP contribution is -2.53. The molecule has 0 aliphatic carbocycles. The number of hydrogen-bond acceptors (Lipinski definition) is 16. The summed E-state index contributed by atoms with van der Waals surface area (Å²) in [6.07, 6.45) is 3.10. The Morgan fingerprint density at radius 3 is 2.32 bits per heavy atom. The van der Waals surface area contributed by atoms with Crippen molar-refractivity contribution in [3.05, 3.63) is 80.9 Å². The minimum Gasteiger partial charge on any atom is -0.495 e. The number of primary amides is 1. The van der Waals surface area contributed by atoms with E-state index in [1.54, 1.807) is 58.9 Å². The number of ether oxygens (including phenoxy) is 5. The number of nitrogens with zero attached hydrogens (tertiary/aromatic N) is 3. The number of unbranched alkanes of at least 4 members (excludes halogenated alkanes) is 2. The van der Waals surface area contributed by atoms with Crippen molar-refractivity contribution >= 4 is 88.0 Å². The summed E-state index contributed by atoms with van der Waals surface area (Å²) in [4.78, 5) is 137. The van der Waals surface area contributed by atoms with Gasteiger partial charge in [-0.2, -0.15) is 0 Å². The van der Waals surface area contributed by atoms with E-state index in [0.717, 1.165) is 16.0 Å². The molecule has 0 spiro atoms. The third-order valence-corrected chi connectivity index (χ3v) is 18.1. The van der Waals surface area contributed by atoms with Gasteiger partial charge in [-0.05, 0) is 94.2 Å². The van der Waals surface area contributed by atoms with Gasteiger partial charge in [0.15, 0.2) is 5.78 Å². The summed E-state index contributed by atoms with van der Waals surface area (Å²) in [5, 5.41) is 17.5. The monoisotopic (exact) mass is 1260 g/mol. The van der Waals surface area contributed by atoms with E-state index in [1.165, 1.54) is 63.2 Å². The Hall–Kier alpha value is -6.72. The predicted octanol–water partition coefficient (Wildman–Crippen LogP) is 6.96. The van der Waals surface area contributed by atoms with Crippen molar-refractivity contribution in [2.24, 2.45) is 29.4 Å². The molecular weight excluding hydrogens is 1180 g/mol. The average molecular weight is 1270 g/mol. The van der Waals surface area contributed by atoms with E-state index >= 15 is 0 Å². The third-order valence-electron chi connectivity index (χ3n) is 17.4. The summed E-state index contributed by atoms with van der Waals surface area (Å²) in [5.41, 5.74) is 4.56. The lowest BCUT2D eigenvalue weighted by molar-refractivity contribution is -0.187. The van der Waals surface area contributed by atoms with Gasteiger partial charge in [-0.15, -0.1) is 0 Å². The highest BCUT2D eigenvalue weighted by molar-refractivity contribution is 6.35. The number of likely N-dealkylation sites (N-methyl/N-ethyl adjacent to an activating group) is 1. The highest BCUT2D eigenvalue weighted by Gasteiger charge is 2.64. The normalized spacial score (nSPS) is 26.0. The molecule has 4 bridgehead atoms. The molecule has 24 heteroatoms. The van der Waals surface area contributed by atoms with Crippen LogP contribution in [-0.2, 0) is 70.1 Å². The number of carbonyl (C=O) groups excluding carboxylic acids is 10. The number of likely N-dealkylation sites (tertiary alicyclic amines) is 1. The maximum absolute atomic E-state index is 14.5. The summed E-state index contributed by atoms with van der Waals surface area (Å²) in [5.74, 6) is -5.91. The molecule has 22 nitrogen and oxygen atoms in total. The first-order chi connectivity index (χ1) is 41.4. The summed E-state index contributed by atoms with van der Waals surface area (Å²) in [7, 11) is 5.80. The second kappa shape index (κ2) is 30.7. The molecule has 5 N–H and O–H groups in total. The Labute approximate surface area is 524 Å². The summed E-state index contributed by atoms with van der Waals surface area (Å²) >= 11 is 13.7. The van der Waals surface area contributed by atoms with Gasteiger partial charge >= 0.3 is 18.0 Å². The van der Waals surface area contributed by atoms with Crippen LogP contribution in [0.5, 0.6) is 5.75 Å². The van der Waals surface area contributed by atoms with Crippen LogP contribution in [0.15, 0.2) is 54.1 Å². The maximum atomic E-state index is 14.5. The van der Waals surface area contributed by atoms with Crippen LogP contribution in [0.3, 0.4) is 0 Å². The number of urea groups is 1. The number of fused-ring (bicyclic) bond motifs is 5. The zero-order valence-electron chi connectivity index (χ0n) is 52.2. The number of halogens is 2. The zero-order valence-corrected chi connectivity index (χ0v) is 53.8. The molecule has 482 valence electrons. The van der Waals surface area contributed by atoms with Gasteiger partial charge in [-0.3, -0.25) is 43.3 Å². The largest absolute Gasteiger partial charge is 0.495 e. The molecule has 0 radical (unpaired) electrons. The summed E-state index contributed by atoms with van der Waals surface area (Å²) in [6.45, 7) is 12.5. The van der Waals surface area contributed by atoms with E-state index in [9.17, 15) is 53.1 Å². The second-order valence-electron chi connectivity index (χ2n) is 24.5. The molecule has 2 aromatic carbocycles. The van der Waals surface area contributed by atoms with Gasteiger partial charge < -0.3 is 55.0 Å². The van der Waals surface area contributed by atoms with Gasteiger partial charge in [0, 0.05) is 84.2 Å². The lowest BCUT2D eigenvalue weighted by atomic mass is 9.78. The van der Waals surface area contributed by atoms with E-state index in [0.29, 0.717) is 49.2 Å². The number of allylic oxidation sites excluding steroid dienone is 3. The van der Waals surface area contributed by atoms with Crippen molar-refractivity contribution in [2.45, 2.75) is 180 Å². The fourth-order valence-electron chi connectivity index (χ4n) is 11.7. The van der Waals surface area contributed by atoms with Gasteiger partial charge in [0.2, 0.25) is 23.6 Å². The number of amides is 7. The second-order valence-corrected chi connectivity index (χ2v) is 25.3. The number of epoxide rings is 1. The van der Waals surface area contributed by atoms with Crippen molar-refractivity contribution in [3.8, 4) is 5.75 Å². The SMILES string of the molecule is COc1cc2cc(c1Cl)N(C)C(=O)C[C@H](OC(=O)[C@H](C)N(C)C(=O)c1ccc(CC(=O)[C@H](CCCNC(N)=O)NC(=O)[C@@H](CC(=O)CCCCCN3C(=O)CC(C)C3=O)C(C)C)cc1Cl)[C@]1(C)O[C@H]1[C@H](C)[C@@H]1C[C@@](O)(CC(=O)O1)[C@H](OC)/C=C/C=C(\C)C2. The minimum absolute atomic E-state index is 0.0260. The number of Topliss-reactive ketones (excluding diaryl/α,β-unsaturated/α-hetero) is 2. The van der Waals surface area contributed by atoms with E-state index in [-0.39, 0.29) is 103 Å². The van der Waals surface area contributed by atoms with Crippen LogP contribution in [0.1, 0.15) is 141 Å². The molecule has 7 amide bonds. The number of anilines is 1. The Morgan fingerprint density at radius 1 is 0.966 bits per heavy atom. The highest BCUT2D eigenvalue weighted by atomic mass is 35.5. The topological polar surface area (TPSA) is 300 Å². The number of hydrogen-bond donors (Lipinski definition) is 4. The van der Waals surface area contributed by atoms with Crippen LogP contribution in [0, 0.1) is 23.7 Å². The number of esters is 2. The van der Waals surface area contributed by atoms with Crippen LogP contribution in [0.2, 0.25) is 10.0 Å². The number of carbonyl (C=O) groups is 10. The number of nitrogens with two attached hydrogens (primary N) is 1. The minimum atomic E-state index is -1.67. The van der Waals surface area contributed by atoms with Gasteiger partial charge in [-0.25, -0.2) is 9.59 Å². The van der Waals surface area contributed by atoms with Crippen LogP contribution in [0.4, 0.5) is 10.5 Å². The molecule has 4 aliphatic heterocycles. The Bertz CT molecular complexity index is 3040. The van der Waals surface area contributed by atoms with Crippen molar-refractivity contribution in [1.82, 2.24) is 20.4 Å². The molecule has 0 aromatic heterocycles. The quantitative estimate of drug-likeness (QED) is 0.0357. The molecule has 2 aromatic rings. The number of aliphatic hydroxyl groups is 1. The van der Waals surface area contributed by atoms with Crippen molar-refractivity contribution < 1.29 is 76.7 Å². The number of imide groups is 1. The molecule has 4 aliphatic rings. The average Bonchev–Trinajstić information content (AvgIpc) is 1.58. The van der Waals surface area contributed by atoms with Crippen molar-refractivity contribution in [1.29, 1.82) is 0 Å². The molecule has 1 unspecified atom stereocenters. The van der Waals surface area contributed by atoms with E-state index in [4.69, 9.17) is 52.6 Å². The standard InChI is InChI=1S/C64H86Cl2N6O16/c1-35(2)44(31-42(73)18-13-12-14-24-72-54(76)26-37(4)59(72)79)58(78)69-46(19-16-23-68-62(67)82)48(74)29-40-21-22-43(45(65)27-40)60(80)70(8)39(6)61(81)87-52-32-53(75)71(9)47-28-41(30-49(84-10)56(47)66)25-36(3)17-15-20-51(85-11)64(83)33-50(86-55(77)34-64)38(5)57-63(52,7)88-57/h15,17,20-22,27-28,30,35,37-39,44,46,50-52,57,83H,12-14,16,18-19,23-26,29,31-34H2,1-11H3,(H,69,78)(H3,67,68,82)/b20-15+,36-17+/t37?,38-,39+,44+,46+,50+,51-,52+,57+,63+,64-/m1/s1. The molecule has 0 saturated carbocycles. The van der Waals surface area contributed by atoms with Crippen LogP contribution < -0.4 is 26.0 Å². The van der Waals surface area contributed by atoms with Crippen LogP contribution >= 0.6 is 23.2 Å². The fraction of sp³-hybridized carbons (Fsp3) is 0.594. The third kappa shape index (κ3) is 17.6. The number of rotatable bonds is 24. The van der Waals surface area contributed by atoms with Gasteiger partial charge in [-0.1, -0.05) is 87.2 Å². The Morgan fingerprint density at radius 2 is 1.68 bits per heavy atom. The van der Waals surface area contributed by atoms with Crippen molar-refractivity contribution in [2.75, 3.05) is 46.3 Å². The van der Waals surface area contributed by atoms with Crippen LogP contribution in [0.25, 0.3) is 0 Å². The zero-order chi connectivity index (χ0) is 65.1. The summed E-state index contributed by atoms with van der Waals surface area (Å²) < 4.78 is 29.8. The van der Waals surface area contributed by atoms with E-state index in [2.05, 4.69) is 10.6 Å². The predicted molar refractivity (Wildman–Crippen MR) is 327 cm³/mol. The van der Waals surface area contributed by atoms with E-state index < -0.39 is 107 Å².